The van der Waals surface area contributed by atoms with Crippen LogP contribution in [0.4, 0.5) is 0 Å². The minimum atomic E-state index is -1.73. The molecule has 6 rings (SSSR count). The molecule has 12 heteroatoms. The molecule has 53 heavy (non-hydrogen) atoms. The summed E-state index contributed by atoms with van der Waals surface area (Å²) in [6.45, 7) is 14.6. The standard InChI is InChI=1S/C41H66O12/c1-20(2)16-23(44)17-21(3)40(6)14-11-27-24-8-9-25-22(4)28(12-13-39(25,5)26(24)10-15-41(27,40)7)50-38-36(34(48)32(46)30(19-43)52-38)53-37-35(49)33(47)31(45)29(18-42)51-37/h11,16,21-23,25,28-38,42-49H,8-10,12-15,17-19H2,1-7H3/t21-,22+,23+,25+,28+,29-,30-,31+,32+,33+,34+,35-,36-,37+,38-,39+,40-,41+/m1/s1. The fourth-order valence-electron chi connectivity index (χ4n) is 11.4. The molecule has 0 aromatic carbocycles. The van der Waals surface area contributed by atoms with E-state index in [0.717, 1.165) is 50.5 Å². The van der Waals surface area contributed by atoms with E-state index < -0.39 is 80.7 Å². The molecule has 3 fully saturated rings. The molecule has 0 bridgehead atoms. The Morgan fingerprint density at radius 1 is 0.868 bits per heavy atom. The number of aliphatic hydroxyl groups is 8. The normalized spacial score (nSPS) is 48.3. The van der Waals surface area contributed by atoms with Crippen LogP contribution in [0.3, 0.4) is 0 Å². The Morgan fingerprint density at radius 2 is 1.51 bits per heavy atom. The van der Waals surface area contributed by atoms with Gasteiger partial charge in [0, 0.05) is 0 Å². The van der Waals surface area contributed by atoms with E-state index in [0.29, 0.717) is 18.3 Å². The average Bonchev–Trinajstić information content (AvgIpc) is 3.39. The summed E-state index contributed by atoms with van der Waals surface area (Å²) >= 11 is 0. The molecule has 0 radical (unpaired) electrons. The highest BCUT2D eigenvalue weighted by atomic mass is 16.8. The third-order valence-electron chi connectivity index (χ3n) is 15.0. The molecular formula is C41H66O12. The van der Waals surface area contributed by atoms with Gasteiger partial charge in [0.1, 0.15) is 48.8 Å². The highest BCUT2D eigenvalue weighted by Crippen LogP contribution is 2.68. The second-order valence-electron chi connectivity index (χ2n) is 18.1. The fraction of sp³-hybridized carbons (Fsp3) is 0.854. The SMILES string of the molecule is CC(C)=C[C@H](O)C[C@@H](C)[C@@]1(C)CC=C2C3=C(CC[C@@]21C)[C@@]1(C)CC[C@H](O[C@@H]2O[C@H](CO)[C@H](O)[C@H](O)[C@H]2O[C@@H]2O[C@H](CO)[C@H](O)[C@H](O)[C@H]2O)[C@@H](C)[C@@H]1CC3. The van der Waals surface area contributed by atoms with Gasteiger partial charge in [-0.15, -0.1) is 0 Å². The number of ether oxygens (including phenoxy) is 4. The Balaban J connectivity index is 1.19. The van der Waals surface area contributed by atoms with Crippen LogP contribution in [0.15, 0.2) is 34.4 Å². The number of hydrogen-bond donors (Lipinski definition) is 8. The lowest BCUT2D eigenvalue weighted by Gasteiger charge is -2.58. The predicted octanol–water partition coefficient (Wildman–Crippen LogP) is 2.63. The van der Waals surface area contributed by atoms with Gasteiger partial charge in [-0.2, -0.15) is 0 Å². The Kier molecular flexibility index (Phi) is 12.2. The van der Waals surface area contributed by atoms with E-state index in [-0.39, 0.29) is 28.3 Å². The van der Waals surface area contributed by atoms with Crippen molar-refractivity contribution >= 4 is 0 Å². The van der Waals surface area contributed by atoms with Crippen molar-refractivity contribution in [1.29, 1.82) is 0 Å². The predicted molar refractivity (Wildman–Crippen MR) is 195 cm³/mol. The van der Waals surface area contributed by atoms with Crippen LogP contribution in [0.25, 0.3) is 0 Å². The number of allylic oxidation sites excluding steroid dienone is 5. The third-order valence-corrected chi connectivity index (χ3v) is 15.0. The molecule has 1 saturated carbocycles. The van der Waals surface area contributed by atoms with E-state index in [2.05, 4.69) is 40.7 Å². The molecule has 302 valence electrons. The molecule has 2 saturated heterocycles. The summed E-state index contributed by atoms with van der Waals surface area (Å²) in [5.74, 6) is 0.742. The Labute approximate surface area is 314 Å². The quantitative estimate of drug-likeness (QED) is 0.152. The van der Waals surface area contributed by atoms with Crippen LogP contribution in [0, 0.1) is 34.0 Å². The van der Waals surface area contributed by atoms with Crippen molar-refractivity contribution < 1.29 is 59.8 Å². The van der Waals surface area contributed by atoms with Gasteiger partial charge >= 0.3 is 0 Å². The number of aliphatic hydroxyl groups excluding tert-OH is 8. The molecule has 0 amide bonds. The number of rotatable bonds is 10. The summed E-state index contributed by atoms with van der Waals surface area (Å²) in [5, 5.41) is 83.7. The highest BCUT2D eigenvalue weighted by molar-refractivity contribution is 5.51. The Bertz CT molecular complexity index is 1410. The van der Waals surface area contributed by atoms with Gasteiger partial charge in [0.15, 0.2) is 12.6 Å². The Hall–Kier alpha value is -1.26. The molecule has 0 aromatic rings. The lowest BCUT2D eigenvalue weighted by atomic mass is 9.47. The monoisotopic (exact) mass is 750 g/mol. The number of hydrogen-bond acceptors (Lipinski definition) is 12. The van der Waals surface area contributed by atoms with Crippen molar-refractivity contribution in [2.24, 2.45) is 34.0 Å². The van der Waals surface area contributed by atoms with E-state index >= 15 is 0 Å². The van der Waals surface area contributed by atoms with Crippen LogP contribution in [0.2, 0.25) is 0 Å². The summed E-state index contributed by atoms with van der Waals surface area (Å²) < 4.78 is 24.1. The topological polar surface area (TPSA) is 199 Å². The maximum atomic E-state index is 11.2. The van der Waals surface area contributed by atoms with Gasteiger partial charge in [-0.25, -0.2) is 0 Å². The van der Waals surface area contributed by atoms with Gasteiger partial charge in [-0.3, -0.25) is 0 Å². The first-order valence-corrected chi connectivity index (χ1v) is 19.9. The first-order chi connectivity index (χ1) is 24.9. The minimum absolute atomic E-state index is 0.0255. The molecule has 2 heterocycles. The maximum Gasteiger partial charge on any atom is 0.187 e. The maximum absolute atomic E-state index is 11.2. The van der Waals surface area contributed by atoms with E-state index in [4.69, 9.17) is 18.9 Å². The van der Waals surface area contributed by atoms with Gasteiger partial charge in [0.05, 0.1) is 25.4 Å². The molecule has 0 spiro atoms. The highest BCUT2D eigenvalue weighted by Gasteiger charge is 2.59. The third kappa shape index (κ3) is 7.05. The van der Waals surface area contributed by atoms with Gasteiger partial charge < -0.3 is 59.8 Å². The molecule has 2 aliphatic heterocycles. The summed E-state index contributed by atoms with van der Waals surface area (Å²) in [6.07, 6.45) is -3.62. The van der Waals surface area contributed by atoms with Gasteiger partial charge in [0.25, 0.3) is 0 Å². The largest absolute Gasteiger partial charge is 0.394 e. The molecule has 8 N–H and O–H groups in total. The Morgan fingerprint density at radius 3 is 2.15 bits per heavy atom. The average molecular weight is 751 g/mol. The van der Waals surface area contributed by atoms with Crippen LogP contribution in [-0.2, 0) is 18.9 Å². The van der Waals surface area contributed by atoms with Crippen molar-refractivity contribution in [2.75, 3.05) is 13.2 Å². The zero-order chi connectivity index (χ0) is 38.8. The first-order valence-electron chi connectivity index (χ1n) is 19.9. The molecule has 12 nitrogen and oxygen atoms in total. The minimum Gasteiger partial charge on any atom is -0.394 e. The second kappa shape index (κ2) is 15.6. The van der Waals surface area contributed by atoms with Crippen molar-refractivity contribution in [3.05, 3.63) is 34.4 Å². The van der Waals surface area contributed by atoms with Crippen LogP contribution in [-0.4, -0.2) is 128 Å². The van der Waals surface area contributed by atoms with Gasteiger partial charge in [-0.1, -0.05) is 57.9 Å². The smallest absolute Gasteiger partial charge is 0.187 e. The summed E-state index contributed by atoms with van der Waals surface area (Å²) in [7, 11) is 0. The van der Waals surface area contributed by atoms with Crippen molar-refractivity contribution in [3.63, 3.8) is 0 Å². The molecular weight excluding hydrogens is 684 g/mol. The van der Waals surface area contributed by atoms with E-state index in [1.54, 1.807) is 5.57 Å². The van der Waals surface area contributed by atoms with Crippen LogP contribution < -0.4 is 0 Å². The lowest BCUT2D eigenvalue weighted by molar-refractivity contribution is -0.374. The molecule has 4 aliphatic carbocycles. The fourth-order valence-corrected chi connectivity index (χ4v) is 11.4. The van der Waals surface area contributed by atoms with Gasteiger partial charge in [0.2, 0.25) is 0 Å². The van der Waals surface area contributed by atoms with E-state index in [1.165, 1.54) is 11.1 Å². The van der Waals surface area contributed by atoms with E-state index in [1.807, 2.05) is 19.9 Å². The van der Waals surface area contributed by atoms with Crippen LogP contribution in [0.5, 0.6) is 0 Å². The van der Waals surface area contributed by atoms with Crippen LogP contribution >= 0.6 is 0 Å². The van der Waals surface area contributed by atoms with Crippen molar-refractivity contribution in [3.8, 4) is 0 Å². The van der Waals surface area contributed by atoms with Gasteiger partial charge in [-0.05, 0) is 110 Å². The molecule has 6 aliphatic rings. The second-order valence-corrected chi connectivity index (χ2v) is 18.1. The molecule has 0 aromatic heterocycles. The summed E-state index contributed by atoms with van der Waals surface area (Å²) in [6, 6.07) is 0. The van der Waals surface area contributed by atoms with Crippen molar-refractivity contribution in [2.45, 2.75) is 173 Å². The van der Waals surface area contributed by atoms with E-state index in [9.17, 15) is 40.9 Å². The molecule has 0 unspecified atom stereocenters. The van der Waals surface area contributed by atoms with Crippen molar-refractivity contribution in [1.82, 2.24) is 0 Å². The first kappa shape index (κ1) is 41.4. The molecule has 18 atom stereocenters. The zero-order valence-corrected chi connectivity index (χ0v) is 32.6. The number of fused-ring (bicyclic) bond motifs is 4. The summed E-state index contributed by atoms with van der Waals surface area (Å²) in [4.78, 5) is 0. The van der Waals surface area contributed by atoms with Crippen LogP contribution in [0.1, 0.15) is 99.8 Å². The lowest BCUT2D eigenvalue weighted by Crippen LogP contribution is -2.65. The zero-order valence-electron chi connectivity index (χ0n) is 32.6. The summed E-state index contributed by atoms with van der Waals surface area (Å²) in [5.41, 5.74) is 5.82.